The SMILES string of the molecule is CC(C)c1ccc([C@H]2OC3(CCCC3)c3c4c(nc(C(C)C)c32)CC2(CCC2)CC4O[Si](C)(C)C(C)(C)C)cc1. The molecule has 2 spiro atoms. The highest BCUT2D eigenvalue weighted by Gasteiger charge is 2.55. The topological polar surface area (TPSA) is 31.4 Å². The lowest BCUT2D eigenvalue weighted by Gasteiger charge is -2.51. The van der Waals surface area contributed by atoms with Gasteiger partial charge in [-0.15, -0.1) is 0 Å². The number of hydrogen-bond donors (Lipinski definition) is 0. The molecule has 2 fully saturated rings. The molecule has 218 valence electrons. The van der Waals surface area contributed by atoms with Crippen LogP contribution in [0.2, 0.25) is 18.1 Å². The van der Waals surface area contributed by atoms with Gasteiger partial charge in [0.1, 0.15) is 6.10 Å². The molecule has 2 atom stereocenters. The zero-order valence-electron chi connectivity index (χ0n) is 26.7. The van der Waals surface area contributed by atoms with E-state index in [2.05, 4.69) is 85.8 Å². The number of nitrogens with zero attached hydrogens (tertiary/aromatic N) is 1. The Balaban J connectivity index is 1.57. The van der Waals surface area contributed by atoms with Gasteiger partial charge in [0.05, 0.1) is 11.7 Å². The molecule has 0 amide bonds. The zero-order valence-corrected chi connectivity index (χ0v) is 27.7. The molecule has 40 heavy (non-hydrogen) atoms. The maximum absolute atomic E-state index is 7.46. The number of benzene rings is 1. The number of hydrogen-bond acceptors (Lipinski definition) is 3. The fourth-order valence-electron chi connectivity index (χ4n) is 7.92. The molecule has 4 heteroatoms. The summed E-state index contributed by atoms with van der Waals surface area (Å²) in [6.45, 7) is 21.2. The van der Waals surface area contributed by atoms with Crippen molar-refractivity contribution < 1.29 is 9.16 Å². The average Bonchev–Trinajstić information content (AvgIpc) is 3.46. The highest BCUT2D eigenvalue weighted by molar-refractivity contribution is 6.74. The number of aromatic nitrogens is 1. The van der Waals surface area contributed by atoms with E-state index in [1.54, 1.807) is 0 Å². The molecule has 0 N–H and O–H groups in total. The first-order valence-corrected chi connectivity index (χ1v) is 19.2. The van der Waals surface area contributed by atoms with Crippen molar-refractivity contribution in [3.05, 3.63) is 63.5 Å². The number of pyridine rings is 1. The fourth-order valence-corrected chi connectivity index (χ4v) is 9.19. The van der Waals surface area contributed by atoms with Crippen molar-refractivity contribution in [2.45, 2.75) is 154 Å². The Morgan fingerprint density at radius 2 is 1.55 bits per heavy atom. The number of rotatable bonds is 5. The van der Waals surface area contributed by atoms with E-state index in [-0.39, 0.29) is 22.8 Å². The van der Waals surface area contributed by atoms with Crippen LogP contribution in [-0.4, -0.2) is 13.3 Å². The van der Waals surface area contributed by atoms with Crippen LogP contribution in [-0.2, 0) is 21.2 Å². The quantitative estimate of drug-likeness (QED) is 0.341. The van der Waals surface area contributed by atoms with E-state index in [9.17, 15) is 0 Å². The van der Waals surface area contributed by atoms with Crippen LogP contribution in [0.15, 0.2) is 24.3 Å². The summed E-state index contributed by atoms with van der Waals surface area (Å²) in [6, 6.07) is 9.28. The molecule has 0 bridgehead atoms. The maximum Gasteiger partial charge on any atom is 0.192 e. The second-order valence-corrected chi connectivity index (χ2v) is 20.7. The first-order chi connectivity index (χ1) is 18.8. The van der Waals surface area contributed by atoms with Gasteiger partial charge in [0.25, 0.3) is 0 Å². The van der Waals surface area contributed by atoms with Crippen molar-refractivity contribution in [1.82, 2.24) is 4.98 Å². The smallest absolute Gasteiger partial charge is 0.192 e. The molecule has 0 saturated heterocycles. The Labute approximate surface area is 245 Å². The lowest BCUT2D eigenvalue weighted by atomic mass is 9.59. The second kappa shape index (κ2) is 9.78. The number of ether oxygens (including phenoxy) is 1. The highest BCUT2D eigenvalue weighted by atomic mass is 28.4. The molecular weight excluding hydrogens is 506 g/mol. The lowest BCUT2D eigenvalue weighted by Crippen LogP contribution is -2.46. The largest absolute Gasteiger partial charge is 0.410 e. The van der Waals surface area contributed by atoms with E-state index in [4.69, 9.17) is 14.1 Å². The maximum atomic E-state index is 7.46. The molecular formula is C36H53NO2Si. The van der Waals surface area contributed by atoms with Crippen molar-refractivity contribution in [2.24, 2.45) is 5.41 Å². The van der Waals surface area contributed by atoms with Gasteiger partial charge in [-0.1, -0.05) is 92.0 Å². The van der Waals surface area contributed by atoms with Gasteiger partial charge in [-0.2, -0.15) is 0 Å². The van der Waals surface area contributed by atoms with Crippen LogP contribution in [0.1, 0.15) is 163 Å². The van der Waals surface area contributed by atoms with Gasteiger partial charge in [0.2, 0.25) is 0 Å². The van der Waals surface area contributed by atoms with Gasteiger partial charge in [0, 0.05) is 22.5 Å². The molecule has 0 radical (unpaired) electrons. The minimum atomic E-state index is -2.00. The summed E-state index contributed by atoms with van der Waals surface area (Å²) in [5.74, 6) is 0.884. The summed E-state index contributed by atoms with van der Waals surface area (Å²) in [5, 5.41) is 0.175. The van der Waals surface area contributed by atoms with E-state index < -0.39 is 8.32 Å². The van der Waals surface area contributed by atoms with Crippen LogP contribution in [0.25, 0.3) is 0 Å². The average molecular weight is 560 g/mol. The standard InChI is InChI=1S/C36H53NO2Si/c1-23(2)25-13-15-26(16-14-25)33-30-31(36(38-33)19-10-11-20-36)29-27(37-32(30)24(3)4)21-35(17-12-18-35)22-28(29)39-40(8,9)34(5,6)7/h13-16,23-24,28,33H,10-12,17-22H2,1-9H3/t28?,33-/m1/s1. The van der Waals surface area contributed by atoms with E-state index in [1.807, 2.05) is 0 Å². The second-order valence-electron chi connectivity index (χ2n) is 15.9. The highest BCUT2D eigenvalue weighted by Crippen LogP contribution is 2.62. The predicted molar refractivity (Wildman–Crippen MR) is 168 cm³/mol. The third kappa shape index (κ3) is 4.56. The van der Waals surface area contributed by atoms with Crippen molar-refractivity contribution in [3.8, 4) is 0 Å². The Hall–Kier alpha value is -1.49. The minimum Gasteiger partial charge on any atom is -0.410 e. The molecule has 6 rings (SSSR count). The third-order valence-corrected chi connectivity index (χ3v) is 15.9. The van der Waals surface area contributed by atoms with Crippen LogP contribution in [0.3, 0.4) is 0 Å². The van der Waals surface area contributed by atoms with E-state index >= 15 is 0 Å². The Morgan fingerprint density at radius 3 is 2.08 bits per heavy atom. The molecule has 3 nitrogen and oxygen atoms in total. The zero-order chi connectivity index (χ0) is 28.7. The fraction of sp³-hybridized carbons (Fsp3) is 0.694. The Bertz CT molecular complexity index is 1260. The minimum absolute atomic E-state index is 0.0439. The summed E-state index contributed by atoms with van der Waals surface area (Å²) in [7, 11) is -2.00. The van der Waals surface area contributed by atoms with Gasteiger partial charge in [0.15, 0.2) is 8.32 Å². The third-order valence-electron chi connectivity index (χ3n) is 11.4. The van der Waals surface area contributed by atoms with Crippen LogP contribution >= 0.6 is 0 Å². The predicted octanol–water partition coefficient (Wildman–Crippen LogP) is 10.4. The van der Waals surface area contributed by atoms with E-state index in [0.717, 1.165) is 25.7 Å². The van der Waals surface area contributed by atoms with Crippen LogP contribution in [0.5, 0.6) is 0 Å². The van der Waals surface area contributed by atoms with Crippen molar-refractivity contribution >= 4 is 8.32 Å². The number of fused-ring (bicyclic) bond motifs is 4. The van der Waals surface area contributed by atoms with Gasteiger partial charge in [-0.05, 0) is 90.6 Å². The Morgan fingerprint density at radius 1 is 0.900 bits per heavy atom. The summed E-state index contributed by atoms with van der Waals surface area (Å²) in [6.07, 6.45) is 11.1. The molecule has 1 unspecified atom stereocenters. The summed E-state index contributed by atoms with van der Waals surface area (Å²) < 4.78 is 14.8. The first-order valence-electron chi connectivity index (χ1n) is 16.3. The van der Waals surface area contributed by atoms with Gasteiger partial charge >= 0.3 is 0 Å². The van der Waals surface area contributed by atoms with Gasteiger partial charge in [-0.25, -0.2) is 0 Å². The molecule has 1 aromatic heterocycles. The molecule has 1 aliphatic heterocycles. The van der Waals surface area contributed by atoms with Crippen molar-refractivity contribution in [3.63, 3.8) is 0 Å². The summed E-state index contributed by atoms with van der Waals surface area (Å²) in [4.78, 5) is 5.64. The molecule has 4 aliphatic rings. The van der Waals surface area contributed by atoms with E-state index in [0.29, 0.717) is 17.3 Å². The molecule has 3 aliphatic carbocycles. The molecule has 2 saturated carbocycles. The summed E-state index contributed by atoms with van der Waals surface area (Å²) >= 11 is 0. The van der Waals surface area contributed by atoms with Crippen LogP contribution < -0.4 is 0 Å². The van der Waals surface area contributed by atoms with Crippen LogP contribution in [0, 0.1) is 5.41 Å². The first kappa shape index (κ1) is 28.6. The van der Waals surface area contributed by atoms with Gasteiger partial charge in [-0.3, -0.25) is 4.98 Å². The molecule has 2 aromatic rings. The van der Waals surface area contributed by atoms with E-state index in [1.165, 1.54) is 71.3 Å². The lowest BCUT2D eigenvalue weighted by molar-refractivity contribution is -0.0584. The van der Waals surface area contributed by atoms with Crippen molar-refractivity contribution in [2.75, 3.05) is 0 Å². The summed E-state index contributed by atoms with van der Waals surface area (Å²) in [5.41, 5.74) is 9.82. The van der Waals surface area contributed by atoms with Gasteiger partial charge < -0.3 is 9.16 Å². The molecule has 2 heterocycles. The van der Waals surface area contributed by atoms with Crippen molar-refractivity contribution in [1.29, 1.82) is 0 Å². The normalized spacial score (nSPS) is 25.1. The monoisotopic (exact) mass is 559 g/mol. The van der Waals surface area contributed by atoms with Crippen LogP contribution in [0.4, 0.5) is 0 Å². The Kier molecular flexibility index (Phi) is 6.99. The molecule has 1 aromatic carbocycles.